The highest BCUT2D eigenvalue weighted by molar-refractivity contribution is 7.09. The molecular weight excluding hydrogens is 346 g/mol. The molecule has 0 saturated carbocycles. The molecule has 1 aromatic heterocycles. The van der Waals surface area contributed by atoms with E-state index in [4.69, 9.17) is 10.5 Å². The summed E-state index contributed by atoms with van der Waals surface area (Å²) in [5.74, 6) is 0.955. The molecule has 1 fully saturated rings. The van der Waals surface area contributed by atoms with Crippen LogP contribution in [-0.4, -0.2) is 34.9 Å². The van der Waals surface area contributed by atoms with E-state index in [0.29, 0.717) is 19.6 Å². The molecule has 2 heterocycles. The van der Waals surface area contributed by atoms with Crippen LogP contribution in [0.2, 0.25) is 0 Å². The Hall–Kier alpha value is -1.92. The zero-order chi connectivity index (χ0) is 18.7. The zero-order valence-electron chi connectivity index (χ0n) is 15.7. The van der Waals surface area contributed by atoms with Crippen LogP contribution in [0.5, 0.6) is 5.75 Å². The van der Waals surface area contributed by atoms with Crippen molar-refractivity contribution in [3.8, 4) is 5.75 Å². The highest BCUT2D eigenvalue weighted by Gasteiger charge is 2.35. The Balaban J connectivity index is 1.53. The number of piperidine rings is 1. The number of rotatable bonds is 5. The summed E-state index contributed by atoms with van der Waals surface area (Å²) in [7, 11) is 0. The summed E-state index contributed by atoms with van der Waals surface area (Å²) in [5, 5.41) is 2.83. The van der Waals surface area contributed by atoms with Gasteiger partial charge in [-0.2, -0.15) is 0 Å². The van der Waals surface area contributed by atoms with Crippen LogP contribution < -0.4 is 10.5 Å². The van der Waals surface area contributed by atoms with E-state index < -0.39 is 0 Å². The summed E-state index contributed by atoms with van der Waals surface area (Å²) < 4.78 is 5.76. The summed E-state index contributed by atoms with van der Waals surface area (Å²) >= 11 is 1.53. The molecule has 1 aliphatic rings. The van der Waals surface area contributed by atoms with Gasteiger partial charge < -0.3 is 15.4 Å². The molecule has 0 spiro atoms. The minimum atomic E-state index is -0.0387. The molecule has 1 unspecified atom stereocenters. The molecule has 1 atom stereocenters. The van der Waals surface area contributed by atoms with Gasteiger partial charge in [0.15, 0.2) is 0 Å². The topological polar surface area (TPSA) is 68.5 Å². The number of carbonyl (C=O) groups is 1. The minimum absolute atomic E-state index is 0.0387. The SMILES string of the molecule is Cc1ccc(OCc2nc(CC(=O)N3CCC(N)C(C)(C)C3)cs2)cc1. The highest BCUT2D eigenvalue weighted by Crippen LogP contribution is 2.28. The van der Waals surface area contributed by atoms with Gasteiger partial charge in [-0.25, -0.2) is 4.98 Å². The maximum Gasteiger partial charge on any atom is 0.228 e. The van der Waals surface area contributed by atoms with E-state index in [0.717, 1.165) is 29.4 Å². The predicted octanol–water partition coefficient (Wildman–Crippen LogP) is 3.16. The average molecular weight is 374 g/mol. The van der Waals surface area contributed by atoms with Crippen LogP contribution in [0.1, 0.15) is 36.5 Å². The first kappa shape index (κ1) is 18.9. The number of ether oxygens (including phenoxy) is 1. The van der Waals surface area contributed by atoms with Crippen LogP contribution in [0, 0.1) is 12.3 Å². The van der Waals surface area contributed by atoms with Crippen molar-refractivity contribution in [2.45, 2.75) is 46.3 Å². The summed E-state index contributed by atoms with van der Waals surface area (Å²) in [6.45, 7) is 8.16. The first-order chi connectivity index (χ1) is 12.3. The second-order valence-corrected chi connectivity index (χ2v) is 8.65. The van der Waals surface area contributed by atoms with E-state index in [1.54, 1.807) is 0 Å². The van der Waals surface area contributed by atoms with Crippen molar-refractivity contribution in [2.75, 3.05) is 13.1 Å². The number of amides is 1. The molecule has 2 aromatic rings. The van der Waals surface area contributed by atoms with E-state index in [-0.39, 0.29) is 17.4 Å². The third-order valence-corrected chi connectivity index (χ3v) is 5.85. The number of thiazole rings is 1. The second-order valence-electron chi connectivity index (χ2n) is 7.71. The smallest absolute Gasteiger partial charge is 0.228 e. The van der Waals surface area contributed by atoms with Crippen molar-refractivity contribution >= 4 is 17.2 Å². The van der Waals surface area contributed by atoms with E-state index in [1.807, 2.05) is 41.5 Å². The fourth-order valence-corrected chi connectivity index (χ4v) is 3.83. The van der Waals surface area contributed by atoms with Crippen molar-refractivity contribution in [1.82, 2.24) is 9.88 Å². The molecule has 1 amide bonds. The van der Waals surface area contributed by atoms with Gasteiger partial charge in [-0.05, 0) is 30.9 Å². The summed E-state index contributed by atoms with van der Waals surface area (Å²) in [4.78, 5) is 19.1. The number of nitrogens with zero attached hydrogens (tertiary/aromatic N) is 2. The van der Waals surface area contributed by atoms with Gasteiger partial charge in [-0.3, -0.25) is 4.79 Å². The Morgan fingerprint density at radius 2 is 2.12 bits per heavy atom. The minimum Gasteiger partial charge on any atom is -0.486 e. The van der Waals surface area contributed by atoms with Crippen LogP contribution in [-0.2, 0) is 17.8 Å². The summed E-state index contributed by atoms with van der Waals surface area (Å²) in [6.07, 6.45) is 1.19. The van der Waals surface area contributed by atoms with Crippen molar-refractivity contribution < 1.29 is 9.53 Å². The molecule has 0 bridgehead atoms. The molecule has 1 aromatic carbocycles. The van der Waals surface area contributed by atoms with Gasteiger partial charge in [-0.15, -0.1) is 11.3 Å². The molecule has 26 heavy (non-hydrogen) atoms. The monoisotopic (exact) mass is 373 g/mol. The highest BCUT2D eigenvalue weighted by atomic mass is 32.1. The van der Waals surface area contributed by atoms with E-state index in [9.17, 15) is 4.79 Å². The van der Waals surface area contributed by atoms with Gasteiger partial charge in [0.1, 0.15) is 17.4 Å². The van der Waals surface area contributed by atoms with Gasteiger partial charge >= 0.3 is 0 Å². The van der Waals surface area contributed by atoms with Crippen molar-refractivity contribution in [1.29, 1.82) is 0 Å². The maximum atomic E-state index is 12.6. The molecular formula is C20H27N3O2S. The zero-order valence-corrected chi connectivity index (χ0v) is 16.5. The number of hydrogen-bond acceptors (Lipinski definition) is 5. The van der Waals surface area contributed by atoms with Crippen LogP contribution in [0.15, 0.2) is 29.6 Å². The third-order valence-electron chi connectivity index (χ3n) is 4.98. The Bertz CT molecular complexity index is 755. The van der Waals surface area contributed by atoms with Gasteiger partial charge in [0, 0.05) is 24.5 Å². The number of aromatic nitrogens is 1. The van der Waals surface area contributed by atoms with Crippen LogP contribution in [0.3, 0.4) is 0 Å². The van der Waals surface area contributed by atoms with Crippen LogP contribution >= 0.6 is 11.3 Å². The standard InChI is InChI=1S/C20H27N3O2S/c1-14-4-6-16(7-5-14)25-11-18-22-15(12-26-18)10-19(24)23-9-8-17(21)20(2,3)13-23/h4-7,12,17H,8-11,13,21H2,1-3H3. The lowest BCUT2D eigenvalue weighted by molar-refractivity contribution is -0.133. The lowest BCUT2D eigenvalue weighted by atomic mass is 9.79. The largest absolute Gasteiger partial charge is 0.486 e. The normalized spacial score (nSPS) is 19.4. The average Bonchev–Trinajstić information content (AvgIpc) is 3.04. The molecule has 0 aliphatic carbocycles. The first-order valence-corrected chi connectivity index (χ1v) is 9.87. The van der Waals surface area contributed by atoms with Crippen molar-refractivity contribution in [2.24, 2.45) is 11.1 Å². The third kappa shape index (κ3) is 4.62. The van der Waals surface area contributed by atoms with Gasteiger partial charge in [-0.1, -0.05) is 31.5 Å². The van der Waals surface area contributed by atoms with Gasteiger partial charge in [0.05, 0.1) is 12.1 Å². The van der Waals surface area contributed by atoms with Gasteiger partial charge in [0.2, 0.25) is 5.91 Å². The van der Waals surface area contributed by atoms with Crippen LogP contribution in [0.4, 0.5) is 0 Å². The number of likely N-dealkylation sites (tertiary alicyclic amines) is 1. The molecule has 0 radical (unpaired) electrons. The molecule has 6 heteroatoms. The fraction of sp³-hybridized carbons (Fsp3) is 0.500. The second kappa shape index (κ2) is 7.76. The maximum absolute atomic E-state index is 12.6. The summed E-state index contributed by atoms with van der Waals surface area (Å²) in [6, 6.07) is 8.10. The Morgan fingerprint density at radius 1 is 1.38 bits per heavy atom. The molecule has 140 valence electrons. The Labute approximate surface area is 159 Å². The summed E-state index contributed by atoms with van der Waals surface area (Å²) in [5.41, 5.74) is 8.14. The number of carbonyl (C=O) groups excluding carboxylic acids is 1. The Kier molecular flexibility index (Phi) is 5.63. The van der Waals surface area contributed by atoms with Crippen LogP contribution in [0.25, 0.3) is 0 Å². The Morgan fingerprint density at radius 3 is 2.81 bits per heavy atom. The molecule has 1 aliphatic heterocycles. The quantitative estimate of drug-likeness (QED) is 0.874. The van der Waals surface area contributed by atoms with E-state index >= 15 is 0 Å². The van der Waals surface area contributed by atoms with Crippen molar-refractivity contribution in [3.05, 3.63) is 45.9 Å². The molecule has 5 nitrogen and oxygen atoms in total. The molecule has 3 rings (SSSR count). The lowest BCUT2D eigenvalue weighted by Crippen LogP contribution is -2.54. The van der Waals surface area contributed by atoms with E-state index in [2.05, 4.69) is 18.8 Å². The molecule has 1 saturated heterocycles. The number of hydrogen-bond donors (Lipinski definition) is 1. The molecule has 2 N–H and O–H groups in total. The van der Waals surface area contributed by atoms with E-state index in [1.165, 1.54) is 16.9 Å². The first-order valence-electron chi connectivity index (χ1n) is 8.99. The fourth-order valence-electron chi connectivity index (χ4n) is 3.13. The lowest BCUT2D eigenvalue weighted by Gasteiger charge is -2.42. The number of aryl methyl sites for hydroxylation is 1. The predicted molar refractivity (Wildman–Crippen MR) is 104 cm³/mol. The number of benzene rings is 1. The van der Waals surface area contributed by atoms with Crippen molar-refractivity contribution in [3.63, 3.8) is 0 Å². The van der Waals surface area contributed by atoms with Gasteiger partial charge in [0.25, 0.3) is 0 Å². The number of nitrogens with two attached hydrogens (primary N) is 1.